The fourth-order valence-electron chi connectivity index (χ4n) is 4.79. The predicted molar refractivity (Wildman–Crippen MR) is 130 cm³/mol. The lowest BCUT2D eigenvalue weighted by Crippen LogP contribution is -2.44. The van der Waals surface area contributed by atoms with Gasteiger partial charge in [0, 0.05) is 24.0 Å². The molecule has 182 valence electrons. The SMILES string of the molecule is CCOC(=O)N(Cc1ccc2nc(-c3ccccc3C(=O)O)ccc2c1)CC1(C(=O)O)CCCC1. The smallest absolute Gasteiger partial charge is 0.410 e. The van der Waals surface area contributed by atoms with Crippen LogP contribution >= 0.6 is 0 Å². The first-order chi connectivity index (χ1) is 16.8. The molecule has 1 heterocycles. The minimum Gasteiger partial charge on any atom is -0.481 e. The van der Waals surface area contributed by atoms with E-state index in [1.54, 1.807) is 37.3 Å². The highest BCUT2D eigenvalue weighted by molar-refractivity contribution is 5.96. The molecule has 35 heavy (non-hydrogen) atoms. The summed E-state index contributed by atoms with van der Waals surface area (Å²) >= 11 is 0. The lowest BCUT2D eigenvalue weighted by atomic mass is 9.85. The van der Waals surface area contributed by atoms with Gasteiger partial charge in [0.05, 0.1) is 28.8 Å². The summed E-state index contributed by atoms with van der Waals surface area (Å²) in [5.41, 5.74) is 1.84. The van der Waals surface area contributed by atoms with Gasteiger partial charge in [-0.1, -0.05) is 43.2 Å². The number of rotatable bonds is 8. The van der Waals surface area contributed by atoms with Crippen LogP contribution in [0.2, 0.25) is 0 Å². The van der Waals surface area contributed by atoms with Crippen LogP contribution in [0.4, 0.5) is 4.79 Å². The molecule has 0 atom stereocenters. The minimum absolute atomic E-state index is 0.0996. The number of ether oxygens (including phenoxy) is 1. The van der Waals surface area contributed by atoms with Gasteiger partial charge in [-0.3, -0.25) is 4.79 Å². The summed E-state index contributed by atoms with van der Waals surface area (Å²) < 4.78 is 5.23. The van der Waals surface area contributed by atoms with Crippen LogP contribution in [-0.2, 0) is 16.1 Å². The Hall–Kier alpha value is -3.94. The van der Waals surface area contributed by atoms with Crippen molar-refractivity contribution in [1.82, 2.24) is 9.88 Å². The van der Waals surface area contributed by atoms with Gasteiger partial charge in [-0.25, -0.2) is 14.6 Å². The van der Waals surface area contributed by atoms with Gasteiger partial charge in [-0.2, -0.15) is 0 Å². The van der Waals surface area contributed by atoms with Crippen molar-refractivity contribution in [2.75, 3.05) is 13.2 Å². The number of hydrogen-bond acceptors (Lipinski definition) is 5. The average Bonchev–Trinajstić information content (AvgIpc) is 3.33. The molecule has 1 saturated carbocycles. The molecule has 0 aliphatic heterocycles. The average molecular weight is 477 g/mol. The highest BCUT2D eigenvalue weighted by atomic mass is 16.6. The first kappa shape index (κ1) is 24.2. The van der Waals surface area contributed by atoms with Gasteiger partial charge in [0.25, 0.3) is 0 Å². The molecule has 0 bridgehead atoms. The zero-order valence-electron chi connectivity index (χ0n) is 19.6. The Bertz CT molecular complexity index is 1270. The fourth-order valence-corrected chi connectivity index (χ4v) is 4.79. The van der Waals surface area contributed by atoms with Gasteiger partial charge in [0.1, 0.15) is 0 Å². The Morgan fingerprint density at radius 3 is 2.46 bits per heavy atom. The van der Waals surface area contributed by atoms with Gasteiger partial charge >= 0.3 is 18.0 Å². The molecule has 4 rings (SSSR count). The van der Waals surface area contributed by atoms with Crippen LogP contribution in [0.15, 0.2) is 54.6 Å². The summed E-state index contributed by atoms with van der Waals surface area (Å²) in [6, 6.07) is 15.9. The molecule has 1 amide bonds. The largest absolute Gasteiger partial charge is 0.481 e. The second-order valence-electron chi connectivity index (χ2n) is 8.92. The van der Waals surface area contributed by atoms with Crippen LogP contribution < -0.4 is 0 Å². The van der Waals surface area contributed by atoms with Gasteiger partial charge in [0.2, 0.25) is 0 Å². The number of pyridine rings is 1. The predicted octanol–water partition coefficient (Wildman–Crippen LogP) is 5.20. The fraction of sp³-hybridized carbons (Fsp3) is 0.333. The molecule has 1 aliphatic rings. The molecule has 0 unspecified atom stereocenters. The summed E-state index contributed by atoms with van der Waals surface area (Å²) in [5.74, 6) is -1.89. The number of fused-ring (bicyclic) bond motifs is 1. The van der Waals surface area contributed by atoms with Crippen molar-refractivity contribution in [2.24, 2.45) is 5.41 Å². The lowest BCUT2D eigenvalue weighted by Gasteiger charge is -2.31. The van der Waals surface area contributed by atoms with Crippen LogP contribution in [0.5, 0.6) is 0 Å². The highest BCUT2D eigenvalue weighted by Crippen LogP contribution is 2.39. The topological polar surface area (TPSA) is 117 Å². The number of carboxylic acids is 2. The molecular formula is C27H28N2O6. The first-order valence-electron chi connectivity index (χ1n) is 11.7. The first-order valence-corrected chi connectivity index (χ1v) is 11.7. The van der Waals surface area contributed by atoms with E-state index in [1.165, 1.54) is 4.90 Å². The Morgan fingerprint density at radius 2 is 1.77 bits per heavy atom. The molecule has 1 fully saturated rings. The summed E-state index contributed by atoms with van der Waals surface area (Å²) in [4.78, 5) is 42.5. The third-order valence-corrected chi connectivity index (χ3v) is 6.59. The van der Waals surface area contributed by atoms with Crippen LogP contribution in [0.1, 0.15) is 48.5 Å². The molecule has 0 saturated heterocycles. The Kier molecular flexibility index (Phi) is 7.00. The van der Waals surface area contributed by atoms with E-state index in [2.05, 4.69) is 4.98 Å². The van der Waals surface area contributed by atoms with E-state index in [1.807, 2.05) is 24.3 Å². The summed E-state index contributed by atoms with van der Waals surface area (Å²) in [6.07, 6.45) is 2.22. The summed E-state index contributed by atoms with van der Waals surface area (Å²) in [7, 11) is 0. The Balaban J connectivity index is 1.62. The summed E-state index contributed by atoms with van der Waals surface area (Å²) in [6.45, 7) is 2.24. The van der Waals surface area contributed by atoms with E-state index < -0.39 is 23.4 Å². The summed E-state index contributed by atoms with van der Waals surface area (Å²) in [5, 5.41) is 20.2. The number of carbonyl (C=O) groups excluding carboxylic acids is 1. The van der Waals surface area contributed by atoms with Crippen LogP contribution in [0.3, 0.4) is 0 Å². The van der Waals surface area contributed by atoms with Gasteiger partial charge in [-0.05, 0) is 49.6 Å². The van der Waals surface area contributed by atoms with Gasteiger partial charge in [-0.15, -0.1) is 0 Å². The molecular weight excluding hydrogens is 448 g/mol. The zero-order valence-corrected chi connectivity index (χ0v) is 19.6. The Labute approximate surface area is 203 Å². The highest BCUT2D eigenvalue weighted by Gasteiger charge is 2.43. The van der Waals surface area contributed by atoms with Crippen molar-refractivity contribution >= 4 is 28.9 Å². The number of benzene rings is 2. The van der Waals surface area contributed by atoms with E-state index in [0.29, 0.717) is 29.6 Å². The third-order valence-electron chi connectivity index (χ3n) is 6.59. The van der Waals surface area contributed by atoms with E-state index in [9.17, 15) is 24.6 Å². The van der Waals surface area contributed by atoms with Crippen molar-refractivity contribution in [3.05, 3.63) is 65.7 Å². The molecule has 8 heteroatoms. The second kappa shape index (κ2) is 10.1. The molecule has 2 aromatic carbocycles. The number of carboxylic acid groups (broad SMARTS) is 2. The molecule has 1 aromatic heterocycles. The van der Waals surface area contributed by atoms with E-state index in [-0.39, 0.29) is 25.3 Å². The minimum atomic E-state index is -1.02. The number of carbonyl (C=O) groups is 3. The number of amides is 1. The number of aromatic carboxylic acids is 1. The third kappa shape index (κ3) is 5.11. The van der Waals surface area contributed by atoms with Crippen molar-refractivity contribution in [2.45, 2.75) is 39.2 Å². The number of nitrogens with zero attached hydrogens (tertiary/aromatic N) is 2. The molecule has 2 N–H and O–H groups in total. The van der Waals surface area contributed by atoms with Gasteiger partial charge < -0.3 is 19.8 Å². The maximum atomic E-state index is 12.7. The van der Waals surface area contributed by atoms with Crippen LogP contribution in [0, 0.1) is 5.41 Å². The van der Waals surface area contributed by atoms with Crippen molar-refractivity contribution < 1.29 is 29.3 Å². The monoisotopic (exact) mass is 476 g/mol. The normalized spacial score (nSPS) is 14.5. The molecule has 3 aromatic rings. The quantitative estimate of drug-likeness (QED) is 0.459. The number of hydrogen-bond donors (Lipinski definition) is 2. The van der Waals surface area contributed by atoms with Crippen LogP contribution in [-0.4, -0.2) is 51.3 Å². The van der Waals surface area contributed by atoms with E-state index in [0.717, 1.165) is 23.8 Å². The molecule has 1 aliphatic carbocycles. The second-order valence-corrected chi connectivity index (χ2v) is 8.92. The van der Waals surface area contributed by atoms with Crippen molar-refractivity contribution in [1.29, 1.82) is 0 Å². The Morgan fingerprint density at radius 1 is 1.03 bits per heavy atom. The molecule has 0 radical (unpaired) electrons. The number of aliphatic carboxylic acids is 1. The van der Waals surface area contributed by atoms with E-state index >= 15 is 0 Å². The lowest BCUT2D eigenvalue weighted by molar-refractivity contribution is -0.149. The maximum Gasteiger partial charge on any atom is 0.410 e. The number of aromatic nitrogens is 1. The molecule has 8 nitrogen and oxygen atoms in total. The zero-order chi connectivity index (χ0) is 25.0. The van der Waals surface area contributed by atoms with E-state index in [4.69, 9.17) is 4.74 Å². The van der Waals surface area contributed by atoms with Crippen molar-refractivity contribution in [3.63, 3.8) is 0 Å². The van der Waals surface area contributed by atoms with Crippen molar-refractivity contribution in [3.8, 4) is 11.3 Å². The maximum absolute atomic E-state index is 12.7. The molecule has 0 spiro atoms. The van der Waals surface area contributed by atoms with Crippen LogP contribution in [0.25, 0.3) is 22.2 Å². The van der Waals surface area contributed by atoms with Gasteiger partial charge in [0.15, 0.2) is 0 Å². The standard InChI is InChI=1S/C27H28N2O6/c1-2-35-26(34)29(17-27(25(32)33)13-5-6-14-27)16-18-9-11-22-19(15-18)10-12-23(28-22)20-7-3-4-8-21(20)24(30)31/h3-4,7-12,15H,2,5-6,13-14,16-17H2,1H3,(H,30,31)(H,32,33).